The topological polar surface area (TPSA) is 175 Å². The number of esters is 1. The first-order valence-electron chi connectivity index (χ1n) is 30.1. The predicted octanol–water partition coefficient (Wildman–Crippen LogP) is 13.7. The van der Waals surface area contributed by atoms with Crippen LogP contribution in [0.25, 0.3) is 0 Å². The van der Waals surface area contributed by atoms with Crippen LogP contribution < -0.4 is 5.32 Å². The minimum atomic E-state index is -1.58. The molecule has 1 aliphatic heterocycles. The number of nitrogens with one attached hydrogen (secondary N) is 1. The average Bonchev–Trinajstić information content (AvgIpc) is 3.37. The van der Waals surface area contributed by atoms with Gasteiger partial charge in [-0.05, 0) is 44.9 Å². The molecule has 7 atom stereocenters. The molecule has 0 aromatic heterocycles. The standard InChI is InChI=1S/C60H113NO10/c1-3-5-7-9-11-13-15-16-20-23-27-30-34-38-42-46-53(63)52(51-70-60-59(68)58(67)57(66)54(50-62)71-60)61-55(64)47-43-39-35-31-28-24-21-18-17-19-22-25-29-33-37-41-45-49-69-56(65)48-44-40-36-32-26-14-12-10-8-6-4-2/h27,30,42,46,52-54,57-60,62-63,66-68H,3-26,28-29,31-41,43-45,47-51H2,1-2H3,(H,61,64)/b30-27+,46-42+. The van der Waals surface area contributed by atoms with E-state index < -0.39 is 49.5 Å². The summed E-state index contributed by atoms with van der Waals surface area (Å²) >= 11 is 0. The molecule has 1 rings (SSSR count). The molecule has 0 radical (unpaired) electrons. The van der Waals surface area contributed by atoms with Gasteiger partial charge in [-0.3, -0.25) is 9.59 Å². The zero-order valence-corrected chi connectivity index (χ0v) is 45.9. The van der Waals surface area contributed by atoms with Gasteiger partial charge in [0.25, 0.3) is 0 Å². The van der Waals surface area contributed by atoms with Crippen LogP contribution in [0.5, 0.6) is 0 Å². The minimum Gasteiger partial charge on any atom is -0.466 e. The SMILES string of the molecule is CCCCCCCCCCC/C=C/CC/C=C/C(O)C(COC1OC(CO)C(O)C(O)C1O)NC(=O)CCCCCCCCCCCCCCCCCCCOC(=O)CCCCCCCCCCCCC. The van der Waals surface area contributed by atoms with Gasteiger partial charge in [0.15, 0.2) is 6.29 Å². The van der Waals surface area contributed by atoms with E-state index >= 15 is 0 Å². The maximum atomic E-state index is 13.0. The molecule has 11 nitrogen and oxygen atoms in total. The summed E-state index contributed by atoms with van der Waals surface area (Å²) in [7, 11) is 0. The van der Waals surface area contributed by atoms with E-state index in [4.69, 9.17) is 14.2 Å². The summed E-state index contributed by atoms with van der Waals surface area (Å²) in [6, 6.07) is -0.831. The van der Waals surface area contributed by atoms with E-state index in [9.17, 15) is 35.1 Å². The molecule has 1 saturated heterocycles. The van der Waals surface area contributed by atoms with Crippen LogP contribution in [-0.4, -0.2) is 100 Å². The van der Waals surface area contributed by atoms with Crippen molar-refractivity contribution in [3.63, 3.8) is 0 Å². The second-order valence-electron chi connectivity index (χ2n) is 21.1. The predicted molar refractivity (Wildman–Crippen MR) is 292 cm³/mol. The fourth-order valence-electron chi connectivity index (χ4n) is 9.51. The van der Waals surface area contributed by atoms with Crippen LogP contribution in [0.2, 0.25) is 0 Å². The third-order valence-corrected chi connectivity index (χ3v) is 14.3. The number of aliphatic hydroxyl groups is 5. The van der Waals surface area contributed by atoms with Gasteiger partial charge >= 0.3 is 5.97 Å². The molecule has 0 aromatic rings. The molecule has 0 saturated carbocycles. The summed E-state index contributed by atoms with van der Waals surface area (Å²) in [5, 5.41) is 54.4. The number of hydrogen-bond acceptors (Lipinski definition) is 10. The highest BCUT2D eigenvalue weighted by Crippen LogP contribution is 2.23. The van der Waals surface area contributed by atoms with E-state index in [1.807, 2.05) is 6.08 Å². The molecule has 1 aliphatic rings. The second kappa shape index (κ2) is 50.3. The molecule has 0 bridgehead atoms. The van der Waals surface area contributed by atoms with E-state index in [0.717, 1.165) is 70.6 Å². The van der Waals surface area contributed by atoms with Crippen molar-refractivity contribution in [1.82, 2.24) is 5.32 Å². The molecule has 418 valence electrons. The van der Waals surface area contributed by atoms with Gasteiger partial charge in [0.1, 0.15) is 24.4 Å². The molecule has 1 fully saturated rings. The van der Waals surface area contributed by atoms with Gasteiger partial charge in [0.2, 0.25) is 5.91 Å². The number of carbonyl (C=O) groups is 2. The smallest absolute Gasteiger partial charge is 0.305 e. The summed E-state index contributed by atoms with van der Waals surface area (Å²) < 4.78 is 16.7. The van der Waals surface area contributed by atoms with Gasteiger partial charge in [-0.1, -0.05) is 250 Å². The molecule has 1 amide bonds. The van der Waals surface area contributed by atoms with E-state index in [0.29, 0.717) is 19.4 Å². The van der Waals surface area contributed by atoms with Gasteiger partial charge in [0.05, 0.1) is 32.0 Å². The lowest BCUT2D eigenvalue weighted by Gasteiger charge is -2.40. The molecule has 71 heavy (non-hydrogen) atoms. The maximum absolute atomic E-state index is 13.0. The van der Waals surface area contributed by atoms with Crippen molar-refractivity contribution in [3.8, 4) is 0 Å². The summed E-state index contributed by atoms with van der Waals surface area (Å²) in [5.74, 6) is -0.208. The Morgan fingerprint density at radius 1 is 0.507 bits per heavy atom. The Bertz CT molecular complexity index is 1230. The van der Waals surface area contributed by atoms with Crippen LogP contribution in [0.15, 0.2) is 24.3 Å². The first-order chi connectivity index (χ1) is 34.7. The molecule has 6 N–H and O–H groups in total. The van der Waals surface area contributed by atoms with Crippen molar-refractivity contribution in [3.05, 3.63) is 24.3 Å². The normalized spacial score (nSPS) is 19.2. The van der Waals surface area contributed by atoms with E-state index in [-0.39, 0.29) is 18.5 Å². The number of allylic oxidation sites excluding steroid dienone is 3. The van der Waals surface area contributed by atoms with Gasteiger partial charge in [-0.15, -0.1) is 0 Å². The highest BCUT2D eigenvalue weighted by Gasteiger charge is 2.44. The lowest BCUT2D eigenvalue weighted by Crippen LogP contribution is -2.60. The van der Waals surface area contributed by atoms with Gasteiger partial charge in [0, 0.05) is 12.8 Å². The fraction of sp³-hybridized carbons (Fsp3) is 0.900. The van der Waals surface area contributed by atoms with Crippen LogP contribution in [-0.2, 0) is 23.8 Å². The number of carbonyl (C=O) groups excluding carboxylic acids is 2. The molecule has 7 unspecified atom stereocenters. The van der Waals surface area contributed by atoms with E-state index in [1.165, 1.54) is 186 Å². The van der Waals surface area contributed by atoms with Gasteiger partial charge in [-0.2, -0.15) is 0 Å². The van der Waals surface area contributed by atoms with Gasteiger partial charge < -0.3 is 45.1 Å². The quantitative estimate of drug-likeness (QED) is 0.0195. The van der Waals surface area contributed by atoms with E-state index in [1.54, 1.807) is 6.08 Å². The lowest BCUT2D eigenvalue weighted by atomic mass is 9.99. The Hall–Kier alpha value is -1.86. The Labute approximate surface area is 435 Å². The molecule has 11 heteroatoms. The number of ether oxygens (including phenoxy) is 3. The lowest BCUT2D eigenvalue weighted by molar-refractivity contribution is -0.302. The van der Waals surface area contributed by atoms with Crippen LogP contribution in [0, 0.1) is 0 Å². The van der Waals surface area contributed by atoms with Crippen molar-refractivity contribution in [2.45, 2.75) is 326 Å². The molecule has 1 heterocycles. The van der Waals surface area contributed by atoms with Crippen molar-refractivity contribution >= 4 is 11.9 Å². The molecule has 0 aliphatic carbocycles. The Morgan fingerprint density at radius 2 is 0.915 bits per heavy atom. The second-order valence-corrected chi connectivity index (χ2v) is 21.1. The molecular weight excluding hydrogens is 895 g/mol. The summed E-state index contributed by atoms with van der Waals surface area (Å²) in [6.45, 7) is 4.32. The molecule has 0 aromatic carbocycles. The van der Waals surface area contributed by atoms with Crippen molar-refractivity contribution in [1.29, 1.82) is 0 Å². The zero-order chi connectivity index (χ0) is 51.7. The van der Waals surface area contributed by atoms with Crippen molar-refractivity contribution in [2.75, 3.05) is 19.8 Å². The Balaban J connectivity index is 2.13. The highest BCUT2D eigenvalue weighted by molar-refractivity contribution is 5.76. The average molecular weight is 1010 g/mol. The number of hydrogen-bond donors (Lipinski definition) is 6. The third-order valence-electron chi connectivity index (χ3n) is 14.3. The summed E-state index contributed by atoms with van der Waals surface area (Å²) in [6.07, 6.45) is 49.7. The van der Waals surface area contributed by atoms with Crippen molar-refractivity contribution in [2.24, 2.45) is 0 Å². The van der Waals surface area contributed by atoms with Crippen molar-refractivity contribution < 1.29 is 49.3 Å². The van der Waals surface area contributed by atoms with Crippen LogP contribution in [0.1, 0.15) is 284 Å². The number of aliphatic hydroxyl groups excluding tert-OH is 5. The number of amides is 1. The summed E-state index contributed by atoms with van der Waals surface area (Å²) in [4.78, 5) is 25.1. The largest absolute Gasteiger partial charge is 0.466 e. The fourth-order valence-corrected chi connectivity index (χ4v) is 9.51. The minimum absolute atomic E-state index is 0.0121. The van der Waals surface area contributed by atoms with Crippen LogP contribution in [0.4, 0.5) is 0 Å². The van der Waals surface area contributed by atoms with Crippen LogP contribution in [0.3, 0.4) is 0 Å². The van der Waals surface area contributed by atoms with E-state index in [2.05, 4.69) is 31.3 Å². The maximum Gasteiger partial charge on any atom is 0.305 e. The molecular formula is C60H113NO10. The highest BCUT2D eigenvalue weighted by atomic mass is 16.7. The number of rotatable bonds is 52. The van der Waals surface area contributed by atoms with Crippen LogP contribution >= 0.6 is 0 Å². The third kappa shape index (κ3) is 40.2. The first kappa shape index (κ1) is 67.2. The monoisotopic (exact) mass is 1010 g/mol. The molecule has 0 spiro atoms. The Morgan fingerprint density at radius 3 is 1.39 bits per heavy atom. The number of unbranched alkanes of at least 4 members (excludes halogenated alkanes) is 36. The first-order valence-corrected chi connectivity index (χ1v) is 30.1. The Kier molecular flexibility index (Phi) is 47.6. The summed E-state index contributed by atoms with van der Waals surface area (Å²) in [5.41, 5.74) is 0. The van der Waals surface area contributed by atoms with Gasteiger partial charge in [-0.25, -0.2) is 0 Å². The zero-order valence-electron chi connectivity index (χ0n) is 45.9.